The molecule has 0 spiro atoms. The molecule has 3 unspecified atom stereocenters. The van der Waals surface area contributed by atoms with Gasteiger partial charge >= 0.3 is 0 Å². The van der Waals surface area contributed by atoms with E-state index in [0.717, 1.165) is 28.4 Å². The SMILES string of the molecule is COc1ccc(N2CN=C3N(C2)C(=S)C2(C#N)CN(c4ccc(OC)cc4)CC3(C#N)C2c2ccccc2OC)cc1. The largest absolute Gasteiger partial charge is 0.497 e. The molecule has 9 nitrogen and oxygen atoms in total. The molecule has 212 valence electrons. The number of rotatable bonds is 6. The number of nitrogens with zero attached hydrogens (tertiary/aromatic N) is 6. The van der Waals surface area contributed by atoms with Crippen molar-refractivity contribution in [2.75, 3.05) is 57.6 Å². The van der Waals surface area contributed by atoms with Gasteiger partial charge in [-0.25, -0.2) is 4.99 Å². The molecule has 10 heteroatoms. The number of para-hydroxylation sites is 1. The normalized spacial score (nSPS) is 24.6. The second-order valence-corrected chi connectivity index (χ2v) is 11.0. The summed E-state index contributed by atoms with van der Waals surface area (Å²) in [6.07, 6.45) is 0. The lowest BCUT2D eigenvalue weighted by Gasteiger charge is -2.61. The molecule has 2 saturated heterocycles. The fourth-order valence-electron chi connectivity index (χ4n) is 6.62. The van der Waals surface area contributed by atoms with Crippen LogP contribution in [0.5, 0.6) is 17.2 Å². The van der Waals surface area contributed by atoms with E-state index in [4.69, 9.17) is 31.4 Å². The summed E-state index contributed by atoms with van der Waals surface area (Å²) in [4.78, 5) is 11.6. The summed E-state index contributed by atoms with van der Waals surface area (Å²) in [6, 6.07) is 28.3. The lowest BCUT2D eigenvalue weighted by molar-refractivity contribution is 0.202. The highest BCUT2D eigenvalue weighted by atomic mass is 32.1. The molecule has 0 aromatic heterocycles. The van der Waals surface area contributed by atoms with Gasteiger partial charge in [-0.3, -0.25) is 0 Å². The van der Waals surface area contributed by atoms with E-state index in [-0.39, 0.29) is 0 Å². The van der Waals surface area contributed by atoms with E-state index in [1.54, 1.807) is 21.3 Å². The van der Waals surface area contributed by atoms with Gasteiger partial charge in [-0.05, 0) is 54.6 Å². The summed E-state index contributed by atoms with van der Waals surface area (Å²) < 4.78 is 16.5. The number of hydrogen-bond donors (Lipinski definition) is 0. The van der Waals surface area contributed by atoms with Crippen LogP contribution in [-0.2, 0) is 0 Å². The molecule has 0 amide bonds. The van der Waals surface area contributed by atoms with Crippen LogP contribution in [0, 0.1) is 33.5 Å². The van der Waals surface area contributed by atoms with Gasteiger partial charge in [0.1, 0.15) is 45.6 Å². The Hall–Kier alpha value is -4.80. The molecule has 0 radical (unpaired) electrons. The van der Waals surface area contributed by atoms with Crippen molar-refractivity contribution < 1.29 is 14.2 Å². The average molecular weight is 579 g/mol. The van der Waals surface area contributed by atoms with E-state index in [2.05, 4.69) is 21.9 Å². The minimum atomic E-state index is -1.24. The maximum absolute atomic E-state index is 11.2. The van der Waals surface area contributed by atoms with Crippen LogP contribution in [0.1, 0.15) is 11.5 Å². The molecular weight excluding hydrogens is 548 g/mol. The van der Waals surface area contributed by atoms with Crippen LogP contribution in [-0.4, -0.2) is 63.5 Å². The monoisotopic (exact) mass is 578 g/mol. The molecular formula is C32H30N6O3S. The zero-order valence-electron chi connectivity index (χ0n) is 23.7. The van der Waals surface area contributed by atoms with E-state index in [9.17, 15) is 10.5 Å². The predicted molar refractivity (Wildman–Crippen MR) is 164 cm³/mol. The Bertz CT molecular complexity index is 1630. The predicted octanol–water partition coefficient (Wildman–Crippen LogP) is 4.81. The highest BCUT2D eigenvalue weighted by molar-refractivity contribution is 7.80. The Kier molecular flexibility index (Phi) is 6.88. The number of ether oxygens (including phenoxy) is 3. The quantitative estimate of drug-likeness (QED) is 0.382. The Morgan fingerprint density at radius 3 is 1.93 bits per heavy atom. The summed E-state index contributed by atoms with van der Waals surface area (Å²) in [5, 5.41) is 22.3. The molecule has 3 aromatic carbocycles. The molecule has 3 heterocycles. The topological polar surface area (TPSA) is 97.4 Å². The van der Waals surface area contributed by atoms with Crippen molar-refractivity contribution in [1.82, 2.24) is 4.90 Å². The molecule has 0 saturated carbocycles. The first kappa shape index (κ1) is 27.4. The summed E-state index contributed by atoms with van der Waals surface area (Å²) in [6.45, 7) is 1.33. The van der Waals surface area contributed by atoms with Gasteiger partial charge in [0, 0.05) is 35.9 Å². The Labute approximate surface area is 250 Å². The van der Waals surface area contributed by atoms with Gasteiger partial charge < -0.3 is 28.9 Å². The molecule has 3 aromatic rings. The summed E-state index contributed by atoms with van der Waals surface area (Å²) in [5.41, 5.74) is 0.160. The van der Waals surface area contributed by atoms with Crippen LogP contribution in [0.3, 0.4) is 0 Å². The second-order valence-electron chi connectivity index (χ2n) is 10.6. The lowest BCUT2D eigenvalue weighted by atomic mass is 9.53. The summed E-state index contributed by atoms with van der Waals surface area (Å²) >= 11 is 6.24. The number of methoxy groups -OCH3 is 3. The Morgan fingerprint density at radius 1 is 0.786 bits per heavy atom. The van der Waals surface area contributed by atoms with Crippen molar-refractivity contribution in [2.45, 2.75) is 5.92 Å². The minimum Gasteiger partial charge on any atom is -0.497 e. The lowest BCUT2D eigenvalue weighted by Crippen LogP contribution is -2.73. The number of nitriles is 2. The average Bonchev–Trinajstić information content (AvgIpc) is 3.06. The van der Waals surface area contributed by atoms with Gasteiger partial charge in [0.05, 0.1) is 40.1 Å². The maximum Gasteiger partial charge on any atom is 0.141 e. The van der Waals surface area contributed by atoms with Crippen molar-refractivity contribution >= 4 is 34.4 Å². The van der Waals surface area contributed by atoms with Crippen molar-refractivity contribution in [3.8, 4) is 29.4 Å². The standard InChI is InChI=1S/C32H30N6O3S/c1-39-24-12-8-22(9-13-24)36-18-31(16-33)28(26-6-4-5-7-27(26)41-3)32(17-34,19-36)30(42)38-21-37(20-35-29(31)38)23-10-14-25(40-2)15-11-23/h4-15,28H,18-21H2,1-3H3. The maximum atomic E-state index is 11.2. The second kappa shape index (κ2) is 10.6. The highest BCUT2D eigenvalue weighted by Gasteiger charge is 2.68. The van der Waals surface area contributed by atoms with Crippen LogP contribution in [0.25, 0.3) is 0 Å². The molecule has 42 heavy (non-hydrogen) atoms. The highest BCUT2D eigenvalue weighted by Crippen LogP contribution is 2.60. The van der Waals surface area contributed by atoms with Crippen LogP contribution < -0.4 is 24.0 Å². The van der Waals surface area contributed by atoms with Crippen LogP contribution in [0.15, 0.2) is 77.8 Å². The molecule has 3 atom stereocenters. The number of fused-ring (bicyclic) bond motifs is 4. The number of thiocarbonyl (C=S) groups is 1. The molecule has 2 bridgehead atoms. The molecule has 0 aliphatic carbocycles. The Morgan fingerprint density at radius 2 is 1.36 bits per heavy atom. The number of hydrogen-bond acceptors (Lipinski definition) is 9. The summed E-state index contributed by atoms with van der Waals surface area (Å²) in [5.74, 6) is 2.09. The number of piperidine rings is 2. The van der Waals surface area contributed by atoms with Gasteiger partial charge in [0.25, 0.3) is 0 Å². The van der Waals surface area contributed by atoms with Gasteiger partial charge in [-0.2, -0.15) is 10.5 Å². The number of benzene rings is 3. The first-order chi connectivity index (χ1) is 20.4. The fourth-order valence-corrected chi connectivity index (χ4v) is 6.99. The molecule has 2 fully saturated rings. The number of anilines is 2. The van der Waals surface area contributed by atoms with E-state index >= 15 is 0 Å². The van der Waals surface area contributed by atoms with Crippen molar-refractivity contribution in [3.05, 3.63) is 78.4 Å². The van der Waals surface area contributed by atoms with Crippen molar-refractivity contribution in [2.24, 2.45) is 15.8 Å². The van der Waals surface area contributed by atoms with Gasteiger partial charge in [-0.15, -0.1) is 0 Å². The first-order valence-electron chi connectivity index (χ1n) is 13.5. The van der Waals surface area contributed by atoms with Crippen LogP contribution in [0.4, 0.5) is 11.4 Å². The van der Waals surface area contributed by atoms with E-state index in [0.29, 0.717) is 43.0 Å². The van der Waals surface area contributed by atoms with E-state index in [1.165, 1.54) is 0 Å². The first-order valence-corrected chi connectivity index (χ1v) is 14.0. The summed E-state index contributed by atoms with van der Waals surface area (Å²) in [7, 11) is 4.86. The molecule has 0 N–H and O–H groups in total. The molecule has 6 rings (SSSR count). The molecule has 3 aliphatic heterocycles. The smallest absolute Gasteiger partial charge is 0.141 e. The van der Waals surface area contributed by atoms with Gasteiger partial charge in [0.15, 0.2) is 0 Å². The van der Waals surface area contributed by atoms with Crippen molar-refractivity contribution in [1.29, 1.82) is 10.5 Å². The van der Waals surface area contributed by atoms with Crippen molar-refractivity contribution in [3.63, 3.8) is 0 Å². The third kappa shape index (κ3) is 4.02. The Balaban J connectivity index is 1.53. The zero-order valence-corrected chi connectivity index (χ0v) is 24.5. The van der Waals surface area contributed by atoms with E-state index < -0.39 is 16.7 Å². The zero-order chi connectivity index (χ0) is 29.5. The third-order valence-electron chi connectivity index (χ3n) is 8.58. The third-order valence-corrected chi connectivity index (χ3v) is 9.16. The molecule has 3 aliphatic rings. The number of aliphatic imine (C=N–C) groups is 1. The van der Waals surface area contributed by atoms with Crippen LogP contribution >= 0.6 is 12.2 Å². The van der Waals surface area contributed by atoms with E-state index in [1.807, 2.05) is 77.7 Å². The minimum absolute atomic E-state index is 0.299. The number of amidine groups is 1. The van der Waals surface area contributed by atoms with Gasteiger partial charge in [0.2, 0.25) is 0 Å². The van der Waals surface area contributed by atoms with Gasteiger partial charge in [-0.1, -0.05) is 30.4 Å². The fraction of sp³-hybridized carbons (Fsp3) is 0.312. The van der Waals surface area contributed by atoms with Crippen LogP contribution in [0.2, 0.25) is 0 Å².